The number of ketones is 1. The number of ether oxygens (including phenoxy) is 2. The maximum Gasteiger partial charge on any atom is 0.335 e. The Morgan fingerprint density at radius 1 is 0.944 bits per heavy atom. The van der Waals surface area contributed by atoms with Crippen LogP contribution in [-0.2, 0) is 16.1 Å². The van der Waals surface area contributed by atoms with Gasteiger partial charge in [-0.2, -0.15) is 0 Å². The highest BCUT2D eigenvalue weighted by Gasteiger charge is 2.46. The number of aromatic carboxylic acids is 1. The number of rotatable bonds is 7. The standard InChI is InChI=1S/C27H22BrNO7/c1-35-19-5-3-4-17(12-19)23-22(24(30)18-10-11-21(36-2)20(28)13-18)25(31)26(32)29(23)14-15-6-8-16(9-7-15)27(33)34/h3-13,23,30H,14H2,1-2H3,(H,33,34)/b24-22-. The van der Waals surface area contributed by atoms with Gasteiger partial charge < -0.3 is 24.6 Å². The van der Waals surface area contributed by atoms with Gasteiger partial charge in [-0.1, -0.05) is 24.3 Å². The molecule has 1 heterocycles. The van der Waals surface area contributed by atoms with Gasteiger partial charge in [-0.3, -0.25) is 9.59 Å². The van der Waals surface area contributed by atoms with Crippen LogP contribution in [0.3, 0.4) is 0 Å². The fourth-order valence-electron chi connectivity index (χ4n) is 4.12. The van der Waals surface area contributed by atoms with Crippen molar-refractivity contribution < 1.29 is 34.1 Å². The molecule has 0 aliphatic carbocycles. The zero-order chi connectivity index (χ0) is 26.0. The molecule has 0 bridgehead atoms. The Hall–Kier alpha value is -4.11. The van der Waals surface area contributed by atoms with E-state index in [2.05, 4.69) is 15.9 Å². The minimum atomic E-state index is -1.07. The Bertz CT molecular complexity index is 1380. The quantitative estimate of drug-likeness (QED) is 0.246. The summed E-state index contributed by atoms with van der Waals surface area (Å²) in [5, 5.41) is 20.4. The van der Waals surface area contributed by atoms with Crippen molar-refractivity contribution in [3.05, 3.63) is 99.0 Å². The van der Waals surface area contributed by atoms with Crippen molar-refractivity contribution in [2.45, 2.75) is 12.6 Å². The SMILES string of the molecule is COc1cccc(C2/C(=C(/O)c3ccc(OC)c(Br)c3)C(=O)C(=O)N2Cc2ccc(C(=O)O)cc2)c1. The summed E-state index contributed by atoms with van der Waals surface area (Å²) in [7, 11) is 3.02. The first-order chi connectivity index (χ1) is 17.2. The van der Waals surface area contributed by atoms with Crippen LogP contribution in [0.4, 0.5) is 0 Å². The second kappa shape index (κ2) is 10.2. The molecule has 3 aromatic carbocycles. The first kappa shape index (κ1) is 25.0. The molecule has 1 saturated heterocycles. The molecule has 1 atom stereocenters. The first-order valence-electron chi connectivity index (χ1n) is 10.8. The Labute approximate surface area is 215 Å². The van der Waals surface area contributed by atoms with Crippen LogP contribution in [0.15, 0.2) is 76.8 Å². The zero-order valence-electron chi connectivity index (χ0n) is 19.4. The van der Waals surface area contributed by atoms with E-state index in [-0.39, 0.29) is 23.4 Å². The highest BCUT2D eigenvalue weighted by molar-refractivity contribution is 9.10. The summed E-state index contributed by atoms with van der Waals surface area (Å²) in [5.74, 6) is -1.93. The number of amides is 1. The molecule has 0 aromatic heterocycles. The number of Topliss-reactive ketones (excluding diaryl/α,β-unsaturated/α-hetero) is 1. The first-order valence-corrected chi connectivity index (χ1v) is 11.6. The number of halogens is 1. The molecule has 4 rings (SSSR count). The molecule has 0 spiro atoms. The second-order valence-electron chi connectivity index (χ2n) is 8.06. The number of carboxylic acids is 1. The predicted octanol–water partition coefficient (Wildman–Crippen LogP) is 4.79. The third-order valence-electron chi connectivity index (χ3n) is 5.93. The summed E-state index contributed by atoms with van der Waals surface area (Å²) in [6, 6.07) is 16.9. The van der Waals surface area contributed by atoms with Gasteiger partial charge in [-0.25, -0.2) is 4.79 Å². The van der Waals surface area contributed by atoms with E-state index in [1.807, 2.05) is 0 Å². The van der Waals surface area contributed by atoms with E-state index in [0.717, 1.165) is 0 Å². The van der Waals surface area contributed by atoms with Crippen molar-refractivity contribution in [1.82, 2.24) is 4.90 Å². The maximum atomic E-state index is 13.3. The van der Waals surface area contributed by atoms with Crippen LogP contribution in [0.2, 0.25) is 0 Å². The smallest absolute Gasteiger partial charge is 0.335 e. The van der Waals surface area contributed by atoms with Gasteiger partial charge >= 0.3 is 5.97 Å². The van der Waals surface area contributed by atoms with E-state index in [1.165, 1.54) is 31.3 Å². The zero-order valence-corrected chi connectivity index (χ0v) is 21.0. The number of likely N-dealkylation sites (tertiary alicyclic amines) is 1. The van der Waals surface area contributed by atoms with Crippen molar-refractivity contribution in [1.29, 1.82) is 0 Å². The fraction of sp³-hybridized carbons (Fsp3) is 0.148. The summed E-state index contributed by atoms with van der Waals surface area (Å²) >= 11 is 3.38. The van der Waals surface area contributed by atoms with Gasteiger partial charge in [-0.05, 0) is 69.5 Å². The lowest BCUT2D eigenvalue weighted by molar-refractivity contribution is -0.140. The van der Waals surface area contributed by atoms with Crippen molar-refractivity contribution in [3.8, 4) is 11.5 Å². The van der Waals surface area contributed by atoms with Gasteiger partial charge in [-0.15, -0.1) is 0 Å². The molecule has 36 heavy (non-hydrogen) atoms. The Kier molecular flexibility index (Phi) is 7.12. The fourth-order valence-corrected chi connectivity index (χ4v) is 4.66. The monoisotopic (exact) mass is 551 g/mol. The van der Waals surface area contributed by atoms with E-state index in [1.54, 1.807) is 54.6 Å². The van der Waals surface area contributed by atoms with Crippen LogP contribution in [0, 0.1) is 0 Å². The molecule has 184 valence electrons. The van der Waals surface area contributed by atoms with E-state index in [4.69, 9.17) is 14.6 Å². The number of carbonyl (C=O) groups excluding carboxylic acids is 2. The second-order valence-corrected chi connectivity index (χ2v) is 8.91. The van der Waals surface area contributed by atoms with Gasteiger partial charge in [0.05, 0.1) is 35.9 Å². The minimum absolute atomic E-state index is 0.0232. The lowest BCUT2D eigenvalue weighted by atomic mass is 9.95. The Balaban J connectivity index is 1.84. The van der Waals surface area contributed by atoms with E-state index >= 15 is 0 Å². The molecule has 0 saturated carbocycles. The molecule has 8 nitrogen and oxygen atoms in total. The molecule has 0 radical (unpaired) electrons. The van der Waals surface area contributed by atoms with Crippen LogP contribution >= 0.6 is 15.9 Å². The number of carboxylic acid groups (broad SMARTS) is 1. The average Bonchev–Trinajstić information content (AvgIpc) is 3.13. The van der Waals surface area contributed by atoms with Crippen LogP contribution in [0.5, 0.6) is 11.5 Å². The molecular weight excluding hydrogens is 530 g/mol. The molecule has 9 heteroatoms. The minimum Gasteiger partial charge on any atom is -0.507 e. The Morgan fingerprint density at radius 3 is 2.25 bits per heavy atom. The number of aliphatic hydroxyl groups excluding tert-OH is 1. The van der Waals surface area contributed by atoms with Gasteiger partial charge in [0.15, 0.2) is 0 Å². The Morgan fingerprint density at radius 2 is 1.64 bits per heavy atom. The molecule has 2 N–H and O–H groups in total. The number of benzene rings is 3. The van der Waals surface area contributed by atoms with Crippen LogP contribution in [0.1, 0.15) is 33.1 Å². The normalized spacial score (nSPS) is 16.8. The summed E-state index contributed by atoms with van der Waals surface area (Å²) in [4.78, 5) is 39.0. The summed E-state index contributed by atoms with van der Waals surface area (Å²) in [5.41, 5.74) is 1.58. The number of methoxy groups -OCH3 is 2. The lowest BCUT2D eigenvalue weighted by Crippen LogP contribution is -2.29. The molecule has 1 aliphatic rings. The molecule has 1 amide bonds. The van der Waals surface area contributed by atoms with Crippen molar-refractivity contribution in [2.75, 3.05) is 14.2 Å². The van der Waals surface area contributed by atoms with Crippen molar-refractivity contribution in [3.63, 3.8) is 0 Å². The molecular formula is C27H22BrNO7. The highest BCUT2D eigenvalue weighted by atomic mass is 79.9. The largest absolute Gasteiger partial charge is 0.507 e. The van der Waals surface area contributed by atoms with E-state index in [9.17, 15) is 19.5 Å². The van der Waals surface area contributed by atoms with Crippen molar-refractivity contribution in [2.24, 2.45) is 0 Å². The number of hydrogen-bond acceptors (Lipinski definition) is 6. The third kappa shape index (κ3) is 4.70. The molecule has 3 aromatic rings. The average molecular weight is 552 g/mol. The predicted molar refractivity (Wildman–Crippen MR) is 135 cm³/mol. The third-order valence-corrected chi connectivity index (χ3v) is 6.55. The van der Waals surface area contributed by atoms with E-state index in [0.29, 0.717) is 32.7 Å². The van der Waals surface area contributed by atoms with Crippen LogP contribution in [0.25, 0.3) is 5.76 Å². The maximum absolute atomic E-state index is 13.3. The summed E-state index contributed by atoms with van der Waals surface area (Å²) in [6.07, 6.45) is 0. The van der Waals surface area contributed by atoms with Gasteiger partial charge in [0.2, 0.25) is 0 Å². The number of carbonyl (C=O) groups is 3. The number of aliphatic hydroxyl groups is 1. The molecule has 1 aliphatic heterocycles. The summed E-state index contributed by atoms with van der Waals surface area (Å²) < 4.78 is 11.1. The summed E-state index contributed by atoms with van der Waals surface area (Å²) in [6.45, 7) is 0.0232. The molecule has 1 unspecified atom stereocenters. The topological polar surface area (TPSA) is 113 Å². The van der Waals surface area contributed by atoms with E-state index < -0.39 is 23.7 Å². The number of nitrogens with zero attached hydrogens (tertiary/aromatic N) is 1. The molecule has 1 fully saturated rings. The van der Waals surface area contributed by atoms with Gasteiger partial charge in [0.25, 0.3) is 11.7 Å². The van der Waals surface area contributed by atoms with Crippen LogP contribution < -0.4 is 9.47 Å². The van der Waals surface area contributed by atoms with Gasteiger partial charge in [0, 0.05) is 12.1 Å². The highest BCUT2D eigenvalue weighted by Crippen LogP contribution is 2.41. The lowest BCUT2D eigenvalue weighted by Gasteiger charge is -2.26. The van der Waals surface area contributed by atoms with Crippen LogP contribution in [-0.4, -0.2) is 47.0 Å². The number of hydrogen-bond donors (Lipinski definition) is 2. The van der Waals surface area contributed by atoms with Gasteiger partial charge in [0.1, 0.15) is 17.3 Å². The van der Waals surface area contributed by atoms with Crippen molar-refractivity contribution >= 4 is 39.3 Å².